The zero-order valence-corrected chi connectivity index (χ0v) is 21.3. The Bertz CT molecular complexity index is 755. The number of nitrogens with one attached hydrogen (secondary N) is 3. The molecule has 31 heavy (non-hydrogen) atoms. The van der Waals surface area contributed by atoms with E-state index in [1.165, 1.54) is 25.9 Å². The maximum atomic E-state index is 5.72. The third-order valence-electron chi connectivity index (χ3n) is 5.27. The van der Waals surface area contributed by atoms with Crippen molar-refractivity contribution in [2.24, 2.45) is 10.9 Å². The van der Waals surface area contributed by atoms with Crippen molar-refractivity contribution >= 4 is 35.6 Å². The number of benzene rings is 1. The number of hydrogen-bond donors (Lipinski definition) is 3. The summed E-state index contributed by atoms with van der Waals surface area (Å²) in [6, 6.07) is 9.93. The first-order valence-corrected chi connectivity index (χ1v) is 11.1. The number of H-pyrrole nitrogens is 1. The predicted molar refractivity (Wildman–Crippen MR) is 138 cm³/mol. The summed E-state index contributed by atoms with van der Waals surface area (Å²) in [4.78, 5) is 7.28. The third-order valence-corrected chi connectivity index (χ3v) is 5.27. The molecule has 0 aliphatic carbocycles. The van der Waals surface area contributed by atoms with Crippen molar-refractivity contribution in [3.8, 4) is 5.75 Å². The lowest BCUT2D eigenvalue weighted by molar-refractivity contribution is 0.191. The summed E-state index contributed by atoms with van der Waals surface area (Å²) < 4.78 is 5.72. The topological polar surface area (TPSA) is 77.6 Å². The van der Waals surface area contributed by atoms with Crippen molar-refractivity contribution in [2.45, 2.75) is 52.7 Å². The molecule has 1 fully saturated rings. The van der Waals surface area contributed by atoms with E-state index in [4.69, 9.17) is 9.73 Å². The molecule has 3 rings (SSSR count). The first-order chi connectivity index (χ1) is 14.6. The molecular weight excluding hydrogens is 503 g/mol. The molecule has 0 radical (unpaired) electrons. The number of nitrogens with zero attached hydrogens (tertiary/aromatic N) is 3. The van der Waals surface area contributed by atoms with Gasteiger partial charge in [-0.05, 0) is 89.0 Å². The highest BCUT2D eigenvalue weighted by Crippen LogP contribution is 2.17. The average Bonchev–Trinajstić information content (AvgIpc) is 3.25. The number of ether oxygens (including phenoxy) is 1. The summed E-state index contributed by atoms with van der Waals surface area (Å²) in [5, 5.41) is 13.8. The van der Waals surface area contributed by atoms with Gasteiger partial charge < -0.3 is 20.3 Å². The van der Waals surface area contributed by atoms with E-state index in [1.54, 1.807) is 6.20 Å². The van der Waals surface area contributed by atoms with Gasteiger partial charge in [0.2, 0.25) is 0 Å². The number of guanidine groups is 1. The Morgan fingerprint density at radius 2 is 1.97 bits per heavy atom. The van der Waals surface area contributed by atoms with E-state index in [0.717, 1.165) is 48.5 Å². The molecule has 172 valence electrons. The Labute approximate surface area is 203 Å². The molecule has 0 saturated carbocycles. The number of hydrogen-bond acceptors (Lipinski definition) is 4. The van der Waals surface area contributed by atoms with Crippen molar-refractivity contribution in [2.75, 3.05) is 31.5 Å². The maximum absolute atomic E-state index is 5.72. The quantitative estimate of drug-likeness (QED) is 0.189. The number of likely N-dealkylation sites (tertiary alicyclic amines) is 1. The van der Waals surface area contributed by atoms with Crippen molar-refractivity contribution in [3.05, 3.63) is 42.2 Å². The molecule has 8 heteroatoms. The van der Waals surface area contributed by atoms with Crippen LogP contribution in [0.1, 0.15) is 45.7 Å². The lowest BCUT2D eigenvalue weighted by Gasteiger charge is -2.30. The summed E-state index contributed by atoms with van der Waals surface area (Å²) in [7, 11) is 0. The smallest absolute Gasteiger partial charge is 0.196 e. The van der Waals surface area contributed by atoms with Crippen LogP contribution in [0, 0.1) is 5.92 Å². The average molecular weight is 540 g/mol. The Kier molecular flexibility index (Phi) is 11.1. The minimum Gasteiger partial charge on any atom is -0.491 e. The van der Waals surface area contributed by atoms with E-state index < -0.39 is 0 Å². The highest BCUT2D eigenvalue weighted by Gasteiger charge is 2.14. The van der Waals surface area contributed by atoms with Crippen LogP contribution < -0.4 is 15.4 Å². The van der Waals surface area contributed by atoms with E-state index in [1.807, 2.05) is 44.2 Å². The third kappa shape index (κ3) is 9.47. The molecule has 0 amide bonds. The van der Waals surface area contributed by atoms with Gasteiger partial charge in [-0.1, -0.05) is 6.92 Å². The van der Waals surface area contributed by atoms with Crippen molar-refractivity contribution in [3.63, 3.8) is 0 Å². The minimum absolute atomic E-state index is 0. The minimum atomic E-state index is 0. The number of aromatic nitrogens is 2. The molecule has 1 aromatic carbocycles. The van der Waals surface area contributed by atoms with Crippen LogP contribution in [0.2, 0.25) is 0 Å². The number of aromatic amines is 1. The standard InChI is InChI=1S/C23H36N6O.HI/c1-18(2)30-22-7-5-20(6-8-22)27-23(25-17-21-9-13-26-28-21)24-12-4-14-29-15-10-19(3)11-16-29;/h5-9,13,18-19H,4,10-12,14-17H2,1-3H3,(H,26,28)(H2,24,25,27);1H. The lowest BCUT2D eigenvalue weighted by Crippen LogP contribution is -2.36. The normalized spacial score (nSPS) is 15.5. The highest BCUT2D eigenvalue weighted by atomic mass is 127. The highest BCUT2D eigenvalue weighted by molar-refractivity contribution is 14.0. The SMILES string of the molecule is CC1CCN(CCCNC(=NCc2ccn[nH]2)Nc2ccc(OC(C)C)cc2)CC1.I. The Hall–Kier alpha value is -1.81. The van der Waals surface area contributed by atoms with Crippen LogP contribution in [0.3, 0.4) is 0 Å². The number of anilines is 1. The largest absolute Gasteiger partial charge is 0.491 e. The van der Waals surface area contributed by atoms with Gasteiger partial charge in [0.1, 0.15) is 5.75 Å². The van der Waals surface area contributed by atoms with Crippen LogP contribution >= 0.6 is 24.0 Å². The van der Waals surface area contributed by atoms with Crippen molar-refractivity contribution < 1.29 is 4.74 Å². The monoisotopic (exact) mass is 540 g/mol. The summed E-state index contributed by atoms with van der Waals surface area (Å²) >= 11 is 0. The second kappa shape index (κ2) is 13.6. The van der Waals surface area contributed by atoms with E-state index in [0.29, 0.717) is 6.54 Å². The van der Waals surface area contributed by atoms with Crippen LogP contribution in [0.4, 0.5) is 5.69 Å². The molecule has 0 spiro atoms. The zero-order chi connectivity index (χ0) is 21.2. The molecule has 1 aromatic heterocycles. The number of aliphatic imine (C=N–C) groups is 1. The number of halogens is 1. The van der Waals surface area contributed by atoms with Crippen LogP contribution in [0.15, 0.2) is 41.5 Å². The molecule has 2 heterocycles. The van der Waals surface area contributed by atoms with Gasteiger partial charge >= 0.3 is 0 Å². The Morgan fingerprint density at radius 1 is 1.23 bits per heavy atom. The van der Waals surface area contributed by atoms with Gasteiger partial charge in [-0.25, -0.2) is 4.99 Å². The van der Waals surface area contributed by atoms with Gasteiger partial charge in [0, 0.05) is 18.4 Å². The fourth-order valence-electron chi connectivity index (χ4n) is 3.50. The van der Waals surface area contributed by atoms with E-state index >= 15 is 0 Å². The van der Waals surface area contributed by atoms with Crippen LogP contribution in [0.25, 0.3) is 0 Å². The van der Waals surface area contributed by atoms with Crippen LogP contribution in [-0.4, -0.2) is 53.3 Å². The van der Waals surface area contributed by atoms with Crippen LogP contribution in [0.5, 0.6) is 5.75 Å². The first kappa shape index (κ1) is 25.5. The Balaban J connectivity index is 0.00000341. The number of piperidine rings is 1. The van der Waals surface area contributed by atoms with Crippen molar-refractivity contribution in [1.29, 1.82) is 0 Å². The Morgan fingerprint density at radius 3 is 2.61 bits per heavy atom. The second-order valence-electron chi connectivity index (χ2n) is 8.37. The van der Waals surface area contributed by atoms with Gasteiger partial charge in [-0.3, -0.25) is 5.10 Å². The summed E-state index contributed by atoms with van der Waals surface area (Å²) in [5.74, 6) is 2.52. The lowest BCUT2D eigenvalue weighted by atomic mass is 9.99. The molecule has 0 atom stereocenters. The zero-order valence-electron chi connectivity index (χ0n) is 18.9. The molecular formula is C23H37IN6O. The molecule has 3 N–H and O–H groups in total. The summed E-state index contributed by atoms with van der Waals surface area (Å²) in [6.07, 6.45) is 5.66. The van der Waals surface area contributed by atoms with Gasteiger partial charge in [0.05, 0.1) is 18.3 Å². The van der Waals surface area contributed by atoms with E-state index in [-0.39, 0.29) is 30.1 Å². The molecule has 1 aliphatic heterocycles. The summed E-state index contributed by atoms with van der Waals surface area (Å²) in [6.45, 7) is 11.4. The molecule has 1 saturated heterocycles. The van der Waals surface area contributed by atoms with E-state index in [9.17, 15) is 0 Å². The van der Waals surface area contributed by atoms with Gasteiger partial charge in [0.25, 0.3) is 0 Å². The molecule has 1 aliphatic rings. The number of rotatable bonds is 9. The first-order valence-electron chi connectivity index (χ1n) is 11.1. The van der Waals surface area contributed by atoms with Crippen molar-refractivity contribution in [1.82, 2.24) is 20.4 Å². The summed E-state index contributed by atoms with van der Waals surface area (Å²) in [5.41, 5.74) is 1.96. The van der Waals surface area contributed by atoms with Crippen LogP contribution in [-0.2, 0) is 6.54 Å². The van der Waals surface area contributed by atoms with Gasteiger partial charge in [0.15, 0.2) is 5.96 Å². The molecule has 2 aromatic rings. The van der Waals surface area contributed by atoms with Gasteiger partial charge in [-0.15, -0.1) is 24.0 Å². The fraction of sp³-hybridized carbons (Fsp3) is 0.565. The molecule has 7 nitrogen and oxygen atoms in total. The molecule has 0 bridgehead atoms. The van der Waals surface area contributed by atoms with Gasteiger partial charge in [-0.2, -0.15) is 5.10 Å². The fourth-order valence-corrected chi connectivity index (χ4v) is 3.50. The molecule has 0 unspecified atom stereocenters. The second-order valence-corrected chi connectivity index (χ2v) is 8.37. The van der Waals surface area contributed by atoms with E-state index in [2.05, 4.69) is 32.7 Å². The maximum Gasteiger partial charge on any atom is 0.196 e. The predicted octanol–water partition coefficient (Wildman–Crippen LogP) is 4.49.